The van der Waals surface area contributed by atoms with Gasteiger partial charge in [0.05, 0.1) is 5.25 Å². The van der Waals surface area contributed by atoms with Gasteiger partial charge in [0, 0.05) is 0 Å². The number of rotatable bonds is 1. The van der Waals surface area contributed by atoms with Gasteiger partial charge in [0.15, 0.2) is 11.1 Å². The van der Waals surface area contributed by atoms with Crippen LogP contribution < -0.4 is 0 Å². The Labute approximate surface area is 69.7 Å². The molecule has 0 radical (unpaired) electrons. The Morgan fingerprint density at radius 3 is 2.09 bits per heavy atom. The molecule has 0 aliphatic heterocycles. The van der Waals surface area contributed by atoms with Crippen molar-refractivity contribution in [1.29, 1.82) is 0 Å². The van der Waals surface area contributed by atoms with Crippen molar-refractivity contribution in [2.75, 3.05) is 0 Å². The Morgan fingerprint density at radius 1 is 1.18 bits per heavy atom. The number of hydrogen-bond donors (Lipinski definition) is 1. The highest BCUT2D eigenvalue weighted by Crippen LogP contribution is 2.42. The Balaban J connectivity index is 2.08. The minimum atomic E-state index is -1.55. The summed E-state index contributed by atoms with van der Waals surface area (Å²) in [6.45, 7) is 0. The summed E-state index contributed by atoms with van der Waals surface area (Å²) in [5.41, 5.74) is 0. The summed E-state index contributed by atoms with van der Waals surface area (Å²) in [5, 5.41) is 0.113. The first-order chi connectivity index (χ1) is 5.27. The summed E-state index contributed by atoms with van der Waals surface area (Å²) < 4.78 is 19.8. The molecule has 2 nitrogen and oxygen atoms in total. The van der Waals surface area contributed by atoms with E-state index in [2.05, 4.69) is 0 Å². The lowest BCUT2D eigenvalue weighted by molar-refractivity contribution is 0.178. The van der Waals surface area contributed by atoms with Crippen LogP contribution in [0, 0.1) is 11.8 Å². The van der Waals surface area contributed by atoms with E-state index in [1.807, 2.05) is 0 Å². The molecule has 2 bridgehead atoms. The summed E-state index contributed by atoms with van der Waals surface area (Å²) >= 11 is -1.55. The van der Waals surface area contributed by atoms with Gasteiger partial charge in [0.1, 0.15) is 0 Å². The third kappa shape index (κ3) is 1.36. The molecule has 2 unspecified atom stereocenters. The SMILES string of the molecule is O=S(O)C1CC2CCC1CC2. The van der Waals surface area contributed by atoms with Gasteiger partial charge in [-0.25, -0.2) is 4.21 Å². The monoisotopic (exact) mass is 174 g/mol. The Morgan fingerprint density at radius 2 is 1.82 bits per heavy atom. The van der Waals surface area contributed by atoms with Crippen molar-refractivity contribution in [2.45, 2.75) is 37.4 Å². The van der Waals surface area contributed by atoms with Crippen LogP contribution >= 0.6 is 0 Å². The molecular formula is C8H14O2S. The maximum Gasteiger partial charge on any atom is 0.156 e. The molecule has 0 amide bonds. The van der Waals surface area contributed by atoms with E-state index < -0.39 is 11.1 Å². The second kappa shape index (κ2) is 2.87. The molecule has 11 heavy (non-hydrogen) atoms. The Hall–Kier alpha value is 0.110. The minimum absolute atomic E-state index is 0.113. The first-order valence-electron chi connectivity index (χ1n) is 4.37. The van der Waals surface area contributed by atoms with Gasteiger partial charge in [-0.3, -0.25) is 0 Å². The van der Waals surface area contributed by atoms with Crippen molar-refractivity contribution >= 4 is 11.1 Å². The van der Waals surface area contributed by atoms with E-state index in [9.17, 15) is 4.21 Å². The van der Waals surface area contributed by atoms with Gasteiger partial charge in [-0.15, -0.1) is 0 Å². The molecule has 3 saturated carbocycles. The lowest BCUT2D eigenvalue weighted by Crippen LogP contribution is -2.37. The van der Waals surface area contributed by atoms with E-state index in [1.165, 1.54) is 25.7 Å². The lowest BCUT2D eigenvalue weighted by Gasteiger charge is -2.40. The van der Waals surface area contributed by atoms with Crippen molar-refractivity contribution in [3.8, 4) is 0 Å². The fourth-order valence-corrected chi connectivity index (χ4v) is 3.60. The van der Waals surface area contributed by atoms with Crippen molar-refractivity contribution in [1.82, 2.24) is 0 Å². The van der Waals surface area contributed by atoms with Crippen molar-refractivity contribution in [2.24, 2.45) is 11.8 Å². The second-order valence-electron chi connectivity index (χ2n) is 3.83. The normalized spacial score (nSPS) is 45.7. The van der Waals surface area contributed by atoms with Gasteiger partial charge >= 0.3 is 0 Å². The highest BCUT2D eigenvalue weighted by molar-refractivity contribution is 7.79. The van der Waals surface area contributed by atoms with Crippen molar-refractivity contribution in [3.63, 3.8) is 0 Å². The van der Waals surface area contributed by atoms with Gasteiger partial charge in [-0.2, -0.15) is 0 Å². The summed E-state index contributed by atoms with van der Waals surface area (Å²) in [5.74, 6) is 1.33. The van der Waals surface area contributed by atoms with Gasteiger partial charge in [0.2, 0.25) is 0 Å². The van der Waals surface area contributed by atoms with Crippen molar-refractivity contribution in [3.05, 3.63) is 0 Å². The maximum absolute atomic E-state index is 10.9. The fraction of sp³-hybridized carbons (Fsp3) is 1.00. The number of hydrogen-bond acceptors (Lipinski definition) is 1. The molecule has 3 fully saturated rings. The van der Waals surface area contributed by atoms with Crippen LogP contribution in [0.3, 0.4) is 0 Å². The fourth-order valence-electron chi connectivity index (χ4n) is 2.56. The first-order valence-corrected chi connectivity index (χ1v) is 5.54. The summed E-state index contributed by atoms with van der Waals surface area (Å²) in [7, 11) is 0. The summed E-state index contributed by atoms with van der Waals surface area (Å²) in [6, 6.07) is 0. The molecule has 0 heterocycles. The van der Waals surface area contributed by atoms with E-state index in [0.29, 0.717) is 5.92 Å². The third-order valence-corrected chi connectivity index (χ3v) is 4.34. The molecule has 0 aromatic rings. The molecule has 3 aliphatic carbocycles. The quantitative estimate of drug-likeness (QED) is 0.615. The average Bonchev–Trinajstić information content (AvgIpc) is 2.06. The summed E-state index contributed by atoms with van der Waals surface area (Å²) in [4.78, 5) is 0. The summed E-state index contributed by atoms with van der Waals surface area (Å²) in [6.07, 6.45) is 6.01. The van der Waals surface area contributed by atoms with Crippen LogP contribution in [0.15, 0.2) is 0 Å². The van der Waals surface area contributed by atoms with Gasteiger partial charge in [-0.05, 0) is 31.1 Å². The highest BCUT2D eigenvalue weighted by Gasteiger charge is 2.38. The Kier molecular flexibility index (Phi) is 2.02. The van der Waals surface area contributed by atoms with Crippen LogP contribution in [0.4, 0.5) is 0 Å². The third-order valence-electron chi connectivity index (χ3n) is 3.24. The standard InChI is InChI=1S/C8H14O2S/c9-11(10)8-5-6-1-3-7(8)4-2-6/h6-8H,1-5H2,(H,9,10). The second-order valence-corrected chi connectivity index (χ2v) is 4.99. The zero-order chi connectivity index (χ0) is 7.84. The Bertz CT molecular complexity index is 173. The van der Waals surface area contributed by atoms with Gasteiger partial charge in [-0.1, -0.05) is 12.8 Å². The predicted molar refractivity (Wildman–Crippen MR) is 44.6 cm³/mol. The van der Waals surface area contributed by atoms with Crippen molar-refractivity contribution < 1.29 is 8.76 Å². The van der Waals surface area contributed by atoms with E-state index in [0.717, 1.165) is 12.3 Å². The lowest BCUT2D eigenvalue weighted by atomic mass is 9.70. The molecular weight excluding hydrogens is 160 g/mol. The van der Waals surface area contributed by atoms with E-state index in [-0.39, 0.29) is 5.25 Å². The molecule has 0 spiro atoms. The molecule has 0 aromatic carbocycles. The minimum Gasteiger partial charge on any atom is -0.306 e. The molecule has 3 aliphatic rings. The van der Waals surface area contributed by atoms with Gasteiger partial charge < -0.3 is 4.55 Å². The van der Waals surface area contributed by atoms with E-state index >= 15 is 0 Å². The van der Waals surface area contributed by atoms with Crippen LogP contribution in [0.1, 0.15) is 32.1 Å². The smallest absolute Gasteiger partial charge is 0.156 e. The maximum atomic E-state index is 10.9. The topological polar surface area (TPSA) is 37.3 Å². The molecule has 64 valence electrons. The molecule has 3 heteroatoms. The highest BCUT2D eigenvalue weighted by atomic mass is 32.2. The van der Waals surface area contributed by atoms with E-state index in [1.54, 1.807) is 0 Å². The largest absolute Gasteiger partial charge is 0.306 e. The molecule has 1 N–H and O–H groups in total. The van der Waals surface area contributed by atoms with Crippen LogP contribution in [-0.4, -0.2) is 14.0 Å². The van der Waals surface area contributed by atoms with Crippen LogP contribution in [-0.2, 0) is 11.1 Å². The van der Waals surface area contributed by atoms with Crippen LogP contribution in [0.5, 0.6) is 0 Å². The average molecular weight is 174 g/mol. The number of fused-ring (bicyclic) bond motifs is 3. The van der Waals surface area contributed by atoms with E-state index in [4.69, 9.17) is 4.55 Å². The van der Waals surface area contributed by atoms with Crippen LogP contribution in [0.2, 0.25) is 0 Å². The molecule has 0 aromatic heterocycles. The van der Waals surface area contributed by atoms with Gasteiger partial charge in [0.25, 0.3) is 0 Å². The molecule has 2 atom stereocenters. The molecule has 3 rings (SSSR count). The first kappa shape index (κ1) is 7.74. The molecule has 0 saturated heterocycles. The zero-order valence-corrected chi connectivity index (χ0v) is 7.35. The van der Waals surface area contributed by atoms with Crippen LogP contribution in [0.25, 0.3) is 0 Å². The zero-order valence-electron chi connectivity index (χ0n) is 6.53. The predicted octanol–water partition coefficient (Wildman–Crippen LogP) is 1.79.